The standard InChI is InChI=1S/C15H23N3OS/c1-3-17-8-4-6-13(17)14-7-5-9-18(14)15(19)12-10-20-11(2)16-12/h10,13-14H,3-9H2,1-2H3. The van der Waals surface area contributed by atoms with Gasteiger partial charge in [-0.1, -0.05) is 6.92 Å². The fourth-order valence-electron chi connectivity index (χ4n) is 3.73. The van der Waals surface area contributed by atoms with Crippen LogP contribution in [0.5, 0.6) is 0 Å². The molecule has 1 amide bonds. The minimum absolute atomic E-state index is 0.139. The average Bonchev–Trinajstić information content (AvgIpc) is 3.16. The van der Waals surface area contributed by atoms with Crippen molar-refractivity contribution in [2.24, 2.45) is 0 Å². The van der Waals surface area contributed by atoms with E-state index in [1.54, 1.807) is 11.3 Å². The maximum absolute atomic E-state index is 12.7. The number of hydrogen-bond acceptors (Lipinski definition) is 4. The number of aromatic nitrogens is 1. The third kappa shape index (κ3) is 2.49. The first kappa shape index (κ1) is 14.0. The molecule has 0 aliphatic carbocycles. The Bertz CT molecular complexity index is 487. The van der Waals surface area contributed by atoms with Gasteiger partial charge in [0, 0.05) is 24.0 Å². The molecule has 1 aromatic heterocycles. The first-order valence-electron chi connectivity index (χ1n) is 7.68. The van der Waals surface area contributed by atoms with E-state index in [-0.39, 0.29) is 5.91 Å². The quantitative estimate of drug-likeness (QED) is 0.859. The Labute approximate surface area is 124 Å². The van der Waals surface area contributed by atoms with Crippen LogP contribution >= 0.6 is 11.3 Å². The number of likely N-dealkylation sites (N-methyl/N-ethyl adjacent to an activating group) is 1. The van der Waals surface area contributed by atoms with E-state index in [0.717, 1.165) is 30.9 Å². The summed E-state index contributed by atoms with van der Waals surface area (Å²) in [4.78, 5) is 21.7. The van der Waals surface area contributed by atoms with Gasteiger partial charge in [0.15, 0.2) is 0 Å². The minimum atomic E-state index is 0.139. The first-order valence-corrected chi connectivity index (χ1v) is 8.56. The van der Waals surface area contributed by atoms with Crippen LogP contribution in [0.25, 0.3) is 0 Å². The van der Waals surface area contributed by atoms with Crippen LogP contribution in [-0.4, -0.2) is 52.4 Å². The zero-order chi connectivity index (χ0) is 14.1. The SMILES string of the molecule is CCN1CCCC1C1CCCN1C(=O)c1csc(C)n1. The predicted molar refractivity (Wildman–Crippen MR) is 81.2 cm³/mol. The Balaban J connectivity index is 1.77. The number of thiazole rings is 1. The summed E-state index contributed by atoms with van der Waals surface area (Å²) in [6, 6.07) is 0.957. The van der Waals surface area contributed by atoms with Crippen LogP contribution in [-0.2, 0) is 0 Å². The Morgan fingerprint density at radius 3 is 2.80 bits per heavy atom. The molecule has 2 saturated heterocycles. The molecule has 5 heteroatoms. The number of nitrogens with zero attached hydrogens (tertiary/aromatic N) is 3. The fourth-order valence-corrected chi connectivity index (χ4v) is 4.32. The van der Waals surface area contributed by atoms with Crippen LogP contribution in [0.2, 0.25) is 0 Å². The lowest BCUT2D eigenvalue weighted by atomic mass is 10.0. The van der Waals surface area contributed by atoms with Crippen LogP contribution in [0.1, 0.15) is 48.1 Å². The van der Waals surface area contributed by atoms with E-state index >= 15 is 0 Å². The molecule has 3 heterocycles. The second kappa shape index (κ2) is 5.82. The second-order valence-electron chi connectivity index (χ2n) is 5.80. The molecule has 1 aromatic rings. The van der Waals surface area contributed by atoms with E-state index in [2.05, 4.69) is 21.7 Å². The molecule has 0 radical (unpaired) electrons. The molecule has 0 spiro atoms. The van der Waals surface area contributed by atoms with Crippen LogP contribution in [0.4, 0.5) is 0 Å². The number of carbonyl (C=O) groups excluding carboxylic acids is 1. The summed E-state index contributed by atoms with van der Waals surface area (Å²) in [5, 5.41) is 2.87. The van der Waals surface area contributed by atoms with Crippen LogP contribution in [0.15, 0.2) is 5.38 Å². The van der Waals surface area contributed by atoms with E-state index in [0.29, 0.717) is 17.8 Å². The van der Waals surface area contributed by atoms with Crippen molar-refractivity contribution in [2.45, 2.75) is 51.6 Å². The summed E-state index contributed by atoms with van der Waals surface area (Å²) in [7, 11) is 0. The molecular formula is C15H23N3OS. The van der Waals surface area contributed by atoms with E-state index < -0.39 is 0 Å². The number of likely N-dealkylation sites (tertiary alicyclic amines) is 2. The summed E-state index contributed by atoms with van der Waals surface area (Å²) < 4.78 is 0. The van der Waals surface area contributed by atoms with Crippen molar-refractivity contribution in [1.29, 1.82) is 0 Å². The molecule has 0 aromatic carbocycles. The molecule has 0 N–H and O–H groups in total. The highest BCUT2D eigenvalue weighted by Crippen LogP contribution is 2.30. The molecule has 110 valence electrons. The van der Waals surface area contributed by atoms with Crippen LogP contribution in [0, 0.1) is 6.92 Å². The van der Waals surface area contributed by atoms with Crippen molar-refractivity contribution in [3.63, 3.8) is 0 Å². The Morgan fingerprint density at radius 1 is 1.35 bits per heavy atom. The zero-order valence-electron chi connectivity index (χ0n) is 12.3. The highest BCUT2D eigenvalue weighted by atomic mass is 32.1. The number of amides is 1. The normalized spacial score (nSPS) is 27.4. The Morgan fingerprint density at radius 2 is 2.10 bits per heavy atom. The third-order valence-electron chi connectivity index (χ3n) is 4.66. The predicted octanol–water partition coefficient (Wildman–Crippen LogP) is 2.54. The van der Waals surface area contributed by atoms with Crippen LogP contribution in [0.3, 0.4) is 0 Å². The first-order chi connectivity index (χ1) is 9.70. The van der Waals surface area contributed by atoms with Gasteiger partial charge < -0.3 is 4.90 Å². The van der Waals surface area contributed by atoms with Gasteiger partial charge in [-0.25, -0.2) is 4.98 Å². The lowest BCUT2D eigenvalue weighted by Crippen LogP contribution is -2.48. The zero-order valence-corrected chi connectivity index (χ0v) is 13.2. The maximum Gasteiger partial charge on any atom is 0.273 e. The van der Waals surface area contributed by atoms with Crippen molar-refractivity contribution in [2.75, 3.05) is 19.6 Å². The van der Waals surface area contributed by atoms with Gasteiger partial charge in [0.05, 0.1) is 5.01 Å². The molecule has 4 nitrogen and oxygen atoms in total. The van der Waals surface area contributed by atoms with Gasteiger partial charge in [-0.15, -0.1) is 11.3 Å². The Kier molecular flexibility index (Phi) is 4.08. The monoisotopic (exact) mass is 293 g/mol. The highest BCUT2D eigenvalue weighted by Gasteiger charge is 2.39. The van der Waals surface area contributed by atoms with Gasteiger partial charge >= 0.3 is 0 Å². The van der Waals surface area contributed by atoms with E-state index in [1.807, 2.05) is 12.3 Å². The topological polar surface area (TPSA) is 36.4 Å². The summed E-state index contributed by atoms with van der Waals surface area (Å²) in [5.74, 6) is 0.139. The molecule has 3 rings (SSSR count). The van der Waals surface area contributed by atoms with E-state index in [4.69, 9.17) is 0 Å². The molecule has 20 heavy (non-hydrogen) atoms. The average molecular weight is 293 g/mol. The van der Waals surface area contributed by atoms with Crippen molar-refractivity contribution in [1.82, 2.24) is 14.8 Å². The van der Waals surface area contributed by atoms with Gasteiger partial charge in [0.1, 0.15) is 5.69 Å². The van der Waals surface area contributed by atoms with Crippen LogP contribution < -0.4 is 0 Å². The largest absolute Gasteiger partial charge is 0.333 e. The minimum Gasteiger partial charge on any atom is -0.333 e. The molecule has 2 unspecified atom stereocenters. The number of rotatable bonds is 3. The summed E-state index contributed by atoms with van der Waals surface area (Å²) in [6.07, 6.45) is 4.79. The lowest BCUT2D eigenvalue weighted by molar-refractivity contribution is 0.0645. The van der Waals surface area contributed by atoms with E-state index in [1.165, 1.54) is 19.4 Å². The summed E-state index contributed by atoms with van der Waals surface area (Å²) in [6.45, 7) is 7.37. The molecule has 2 atom stereocenters. The van der Waals surface area contributed by atoms with Gasteiger partial charge in [-0.2, -0.15) is 0 Å². The van der Waals surface area contributed by atoms with Crippen molar-refractivity contribution in [3.8, 4) is 0 Å². The fraction of sp³-hybridized carbons (Fsp3) is 0.733. The van der Waals surface area contributed by atoms with Gasteiger partial charge in [0.2, 0.25) is 0 Å². The van der Waals surface area contributed by atoms with Crippen molar-refractivity contribution in [3.05, 3.63) is 16.1 Å². The number of aryl methyl sites for hydroxylation is 1. The molecular weight excluding hydrogens is 270 g/mol. The smallest absolute Gasteiger partial charge is 0.273 e. The molecule has 0 bridgehead atoms. The molecule has 2 aliphatic heterocycles. The molecule has 2 aliphatic rings. The Hall–Kier alpha value is -0.940. The maximum atomic E-state index is 12.7. The van der Waals surface area contributed by atoms with Crippen molar-refractivity contribution >= 4 is 17.2 Å². The van der Waals surface area contributed by atoms with E-state index in [9.17, 15) is 4.79 Å². The highest BCUT2D eigenvalue weighted by molar-refractivity contribution is 7.09. The number of carbonyl (C=O) groups is 1. The van der Waals surface area contributed by atoms with Gasteiger partial charge in [-0.05, 0) is 45.7 Å². The van der Waals surface area contributed by atoms with Gasteiger partial charge in [0.25, 0.3) is 5.91 Å². The number of hydrogen-bond donors (Lipinski definition) is 0. The summed E-state index contributed by atoms with van der Waals surface area (Å²) in [5.41, 5.74) is 0.639. The lowest BCUT2D eigenvalue weighted by Gasteiger charge is -2.34. The van der Waals surface area contributed by atoms with Gasteiger partial charge in [-0.3, -0.25) is 9.69 Å². The second-order valence-corrected chi connectivity index (χ2v) is 6.86. The third-order valence-corrected chi connectivity index (χ3v) is 5.44. The summed E-state index contributed by atoms with van der Waals surface area (Å²) >= 11 is 1.56. The van der Waals surface area contributed by atoms with Crippen molar-refractivity contribution < 1.29 is 4.79 Å². The molecule has 0 saturated carbocycles. The molecule has 2 fully saturated rings.